The molecule has 100 valence electrons. The van der Waals surface area contributed by atoms with Crippen molar-refractivity contribution >= 4 is 17.7 Å². The molecule has 0 bridgehead atoms. The number of hydrogen-bond donors (Lipinski definition) is 2. The van der Waals surface area contributed by atoms with Gasteiger partial charge in [-0.25, -0.2) is 4.98 Å². The molecule has 3 unspecified atom stereocenters. The Kier molecular flexibility index (Phi) is 4.63. The molecule has 18 heavy (non-hydrogen) atoms. The summed E-state index contributed by atoms with van der Waals surface area (Å²) in [6.45, 7) is 2.18. The fraction of sp³-hybridized carbons (Fsp3) is 0.750. The van der Waals surface area contributed by atoms with Crippen LogP contribution >= 0.6 is 11.8 Å². The molecule has 5 nitrogen and oxygen atoms in total. The second-order valence-corrected chi connectivity index (χ2v) is 6.09. The Morgan fingerprint density at radius 1 is 1.61 bits per heavy atom. The van der Waals surface area contributed by atoms with E-state index in [-0.39, 0.29) is 11.2 Å². The second kappa shape index (κ2) is 6.22. The maximum atomic E-state index is 11.3. The molecular weight excluding hydrogens is 250 g/mol. The predicted octanol–water partition coefficient (Wildman–Crippen LogP) is 2.57. The van der Waals surface area contributed by atoms with Crippen LogP contribution in [0.3, 0.4) is 0 Å². The summed E-state index contributed by atoms with van der Waals surface area (Å²) in [5, 5.41) is 16.7. The molecular formula is C12H19N3O2S. The molecule has 1 aromatic rings. The van der Waals surface area contributed by atoms with Gasteiger partial charge in [0.1, 0.15) is 6.33 Å². The number of nitrogens with zero attached hydrogens (tertiary/aromatic N) is 2. The van der Waals surface area contributed by atoms with Crippen molar-refractivity contribution in [3.05, 3.63) is 6.33 Å². The molecule has 1 aromatic heterocycles. The number of carboxylic acid groups (broad SMARTS) is 1. The largest absolute Gasteiger partial charge is 0.481 e. The molecule has 0 aromatic carbocycles. The van der Waals surface area contributed by atoms with Crippen LogP contribution in [-0.4, -0.2) is 31.5 Å². The predicted molar refractivity (Wildman–Crippen MR) is 69.4 cm³/mol. The minimum Gasteiger partial charge on any atom is -0.481 e. The number of hydrogen-bond acceptors (Lipinski definition) is 4. The lowest BCUT2D eigenvalue weighted by Crippen LogP contribution is -2.32. The first-order chi connectivity index (χ1) is 8.70. The second-order valence-electron chi connectivity index (χ2n) is 4.86. The van der Waals surface area contributed by atoms with Crippen LogP contribution in [-0.2, 0) is 4.79 Å². The van der Waals surface area contributed by atoms with Crippen molar-refractivity contribution in [3.8, 4) is 0 Å². The molecule has 2 N–H and O–H groups in total. The van der Waals surface area contributed by atoms with Gasteiger partial charge in [-0.15, -0.1) is 0 Å². The molecule has 0 amide bonds. The summed E-state index contributed by atoms with van der Waals surface area (Å²) < 4.78 is 0. The lowest BCUT2D eigenvalue weighted by atomic mass is 9.80. The Morgan fingerprint density at radius 2 is 2.44 bits per heavy atom. The number of nitrogens with one attached hydrogen (secondary N) is 1. The molecule has 1 saturated carbocycles. The van der Waals surface area contributed by atoms with Crippen LogP contribution in [0.1, 0.15) is 39.0 Å². The zero-order valence-electron chi connectivity index (χ0n) is 10.5. The summed E-state index contributed by atoms with van der Waals surface area (Å²) in [6.07, 6.45) is 6.62. The molecule has 1 heterocycles. The van der Waals surface area contributed by atoms with E-state index < -0.39 is 5.97 Å². The van der Waals surface area contributed by atoms with Gasteiger partial charge in [0.2, 0.25) is 0 Å². The highest BCUT2D eigenvalue weighted by atomic mass is 32.2. The zero-order chi connectivity index (χ0) is 13.0. The van der Waals surface area contributed by atoms with Gasteiger partial charge in [0.05, 0.1) is 5.92 Å². The Morgan fingerprint density at radius 3 is 3.06 bits per heavy atom. The van der Waals surface area contributed by atoms with Gasteiger partial charge in [-0.1, -0.05) is 31.5 Å². The minimum atomic E-state index is -0.679. The molecule has 0 aliphatic heterocycles. The van der Waals surface area contributed by atoms with E-state index in [1.165, 1.54) is 30.9 Å². The average Bonchev–Trinajstić information content (AvgIpc) is 2.82. The quantitative estimate of drug-likeness (QED) is 0.859. The van der Waals surface area contributed by atoms with Crippen molar-refractivity contribution in [2.45, 2.75) is 49.4 Å². The van der Waals surface area contributed by atoms with Crippen LogP contribution < -0.4 is 0 Å². The van der Waals surface area contributed by atoms with Gasteiger partial charge in [0.25, 0.3) is 0 Å². The zero-order valence-corrected chi connectivity index (χ0v) is 11.3. The van der Waals surface area contributed by atoms with Gasteiger partial charge in [-0.3, -0.25) is 9.89 Å². The van der Waals surface area contributed by atoms with Gasteiger partial charge in [-0.05, 0) is 25.2 Å². The average molecular weight is 269 g/mol. The fourth-order valence-electron chi connectivity index (χ4n) is 2.69. The third-order valence-electron chi connectivity index (χ3n) is 3.57. The van der Waals surface area contributed by atoms with E-state index in [0.29, 0.717) is 5.92 Å². The number of carbonyl (C=O) groups is 1. The van der Waals surface area contributed by atoms with E-state index in [1.807, 2.05) is 0 Å². The van der Waals surface area contributed by atoms with Crippen molar-refractivity contribution in [1.29, 1.82) is 0 Å². The Hall–Kier alpha value is -1.04. The lowest BCUT2D eigenvalue weighted by molar-refractivity contribution is -0.142. The number of carboxylic acids is 1. The van der Waals surface area contributed by atoms with Crippen LogP contribution in [0, 0.1) is 11.8 Å². The van der Waals surface area contributed by atoms with Gasteiger partial charge < -0.3 is 5.11 Å². The summed E-state index contributed by atoms with van der Waals surface area (Å²) in [5.74, 6) is -0.277. The number of aromatic amines is 1. The van der Waals surface area contributed by atoms with E-state index in [4.69, 9.17) is 0 Å². The SMILES string of the molecule is CCCC1CCC(C(=O)O)C(Sc2ncn[nH]2)C1. The molecule has 1 aliphatic carbocycles. The standard InChI is InChI=1S/C12H19N3O2S/c1-2-3-8-4-5-9(11(16)17)10(6-8)18-12-13-7-14-15-12/h7-10H,2-6H2,1H3,(H,16,17)(H,13,14,15). The maximum absolute atomic E-state index is 11.3. The molecule has 1 fully saturated rings. The third-order valence-corrected chi connectivity index (χ3v) is 4.81. The highest BCUT2D eigenvalue weighted by Crippen LogP contribution is 2.40. The summed E-state index contributed by atoms with van der Waals surface area (Å²) in [4.78, 5) is 15.4. The monoisotopic (exact) mass is 269 g/mol. The summed E-state index contributed by atoms with van der Waals surface area (Å²) in [7, 11) is 0. The van der Waals surface area contributed by atoms with E-state index >= 15 is 0 Å². The number of aromatic nitrogens is 3. The molecule has 0 saturated heterocycles. The van der Waals surface area contributed by atoms with Crippen molar-refractivity contribution in [1.82, 2.24) is 15.2 Å². The Balaban J connectivity index is 2.02. The Bertz CT molecular complexity index is 383. The number of H-pyrrole nitrogens is 1. The summed E-state index contributed by atoms with van der Waals surface area (Å²) in [5.41, 5.74) is 0. The van der Waals surface area contributed by atoms with Gasteiger partial charge in [-0.2, -0.15) is 5.10 Å². The smallest absolute Gasteiger partial charge is 0.307 e. The fourth-order valence-corrected chi connectivity index (χ4v) is 3.97. The van der Waals surface area contributed by atoms with Crippen molar-refractivity contribution in [2.75, 3.05) is 0 Å². The highest BCUT2D eigenvalue weighted by Gasteiger charge is 2.35. The van der Waals surface area contributed by atoms with Crippen LogP contribution in [0.25, 0.3) is 0 Å². The maximum Gasteiger partial charge on any atom is 0.307 e. The first kappa shape index (κ1) is 13.4. The molecule has 0 radical (unpaired) electrons. The normalized spacial score (nSPS) is 28.2. The number of thioether (sulfide) groups is 1. The molecule has 0 spiro atoms. The van der Waals surface area contributed by atoms with E-state index in [9.17, 15) is 9.90 Å². The lowest BCUT2D eigenvalue weighted by Gasteiger charge is -2.32. The third kappa shape index (κ3) is 3.25. The molecule has 6 heteroatoms. The van der Waals surface area contributed by atoms with Crippen molar-refractivity contribution < 1.29 is 9.90 Å². The van der Waals surface area contributed by atoms with E-state index in [1.54, 1.807) is 0 Å². The van der Waals surface area contributed by atoms with Crippen molar-refractivity contribution in [2.24, 2.45) is 11.8 Å². The van der Waals surface area contributed by atoms with E-state index in [2.05, 4.69) is 22.1 Å². The minimum absolute atomic E-state index is 0.112. The molecule has 1 aliphatic rings. The van der Waals surface area contributed by atoms with Crippen LogP contribution in [0.5, 0.6) is 0 Å². The summed E-state index contributed by atoms with van der Waals surface area (Å²) in [6, 6.07) is 0. The van der Waals surface area contributed by atoms with Crippen LogP contribution in [0.2, 0.25) is 0 Å². The van der Waals surface area contributed by atoms with E-state index in [0.717, 1.165) is 24.4 Å². The molecule has 2 rings (SSSR count). The first-order valence-corrected chi connectivity index (χ1v) is 7.33. The van der Waals surface area contributed by atoms with Crippen LogP contribution in [0.4, 0.5) is 0 Å². The topological polar surface area (TPSA) is 78.9 Å². The first-order valence-electron chi connectivity index (χ1n) is 6.45. The van der Waals surface area contributed by atoms with Crippen LogP contribution in [0.15, 0.2) is 11.5 Å². The molecule has 3 atom stereocenters. The van der Waals surface area contributed by atoms with Gasteiger partial charge in [0.15, 0.2) is 5.16 Å². The Labute approximate surface area is 111 Å². The van der Waals surface area contributed by atoms with Gasteiger partial charge in [0, 0.05) is 5.25 Å². The van der Waals surface area contributed by atoms with Gasteiger partial charge >= 0.3 is 5.97 Å². The summed E-state index contributed by atoms with van der Waals surface area (Å²) >= 11 is 1.53. The van der Waals surface area contributed by atoms with Crippen molar-refractivity contribution in [3.63, 3.8) is 0 Å². The highest BCUT2D eigenvalue weighted by molar-refractivity contribution is 7.99. The number of rotatable bonds is 5. The number of aliphatic carboxylic acids is 1.